The molecule has 3 aromatic carbocycles. The molecule has 0 radical (unpaired) electrons. The number of hydrogen-bond donors (Lipinski definition) is 0. The van der Waals surface area contributed by atoms with Gasteiger partial charge in [-0.25, -0.2) is 4.39 Å². The largest absolute Gasteiger partial charge is 0.493 e. The summed E-state index contributed by atoms with van der Waals surface area (Å²) in [6.07, 6.45) is 0. The maximum Gasteiger partial charge on any atom is 0.220 e. The molecule has 0 fully saturated rings. The zero-order valence-corrected chi connectivity index (χ0v) is 22.8. The van der Waals surface area contributed by atoms with Gasteiger partial charge in [0.25, 0.3) is 0 Å². The predicted molar refractivity (Wildman–Crippen MR) is 143 cm³/mol. The highest BCUT2D eigenvalue weighted by Crippen LogP contribution is 2.43. The number of thioether (sulfide) groups is 1. The van der Waals surface area contributed by atoms with Crippen molar-refractivity contribution in [3.8, 4) is 17.2 Å². The van der Waals surface area contributed by atoms with E-state index in [0.29, 0.717) is 38.1 Å². The Bertz CT molecular complexity index is 1430. The molecule has 0 unspecified atom stereocenters. The van der Waals surface area contributed by atoms with E-state index in [1.165, 1.54) is 31.0 Å². The van der Waals surface area contributed by atoms with Gasteiger partial charge in [0, 0.05) is 10.6 Å². The molecule has 0 saturated heterocycles. The van der Waals surface area contributed by atoms with Crippen LogP contribution in [0.25, 0.3) is 5.69 Å². The lowest BCUT2D eigenvalue weighted by atomic mass is 10.1. The fourth-order valence-corrected chi connectivity index (χ4v) is 5.53. The van der Waals surface area contributed by atoms with Gasteiger partial charge < -0.3 is 9.47 Å². The van der Waals surface area contributed by atoms with Gasteiger partial charge in [0.1, 0.15) is 23.5 Å². The fraction of sp³-hybridized carbons (Fsp3) is 0.231. The number of aromatic nitrogens is 3. The van der Waals surface area contributed by atoms with E-state index in [0.717, 1.165) is 11.3 Å². The molecular formula is C26H24BrFN4O4S. The molecule has 0 aliphatic carbocycles. The van der Waals surface area contributed by atoms with Gasteiger partial charge in [0.15, 0.2) is 16.7 Å². The SMILES string of the molecule is COc1cc([C@H](C[N+](=O)[O-])Sc2nnc(C)n2-c2cccc(C)c2)cc(Br)c1OCc1cccc(F)c1. The second-order valence-corrected chi connectivity index (χ2v) is 10.3. The van der Waals surface area contributed by atoms with Crippen molar-refractivity contribution in [2.45, 2.75) is 30.9 Å². The van der Waals surface area contributed by atoms with E-state index in [1.807, 2.05) is 42.7 Å². The Morgan fingerprint density at radius 1 is 1.14 bits per heavy atom. The van der Waals surface area contributed by atoms with Crippen molar-refractivity contribution in [2.75, 3.05) is 13.7 Å². The van der Waals surface area contributed by atoms with Crippen LogP contribution >= 0.6 is 27.7 Å². The van der Waals surface area contributed by atoms with Gasteiger partial charge in [-0.2, -0.15) is 0 Å². The Morgan fingerprint density at radius 3 is 2.62 bits per heavy atom. The van der Waals surface area contributed by atoms with Gasteiger partial charge in [0.2, 0.25) is 6.54 Å². The van der Waals surface area contributed by atoms with Crippen molar-refractivity contribution in [1.82, 2.24) is 14.8 Å². The molecule has 0 aliphatic rings. The third kappa shape index (κ3) is 6.47. The summed E-state index contributed by atoms with van der Waals surface area (Å²) in [4.78, 5) is 11.3. The molecule has 0 amide bonds. The third-order valence-electron chi connectivity index (χ3n) is 5.51. The summed E-state index contributed by atoms with van der Waals surface area (Å²) in [6, 6.07) is 17.5. The van der Waals surface area contributed by atoms with Crippen LogP contribution in [0.1, 0.15) is 27.8 Å². The maximum absolute atomic E-state index is 13.5. The van der Waals surface area contributed by atoms with Gasteiger partial charge in [-0.1, -0.05) is 36.0 Å². The first-order valence-electron chi connectivity index (χ1n) is 11.3. The van der Waals surface area contributed by atoms with Crippen LogP contribution < -0.4 is 9.47 Å². The summed E-state index contributed by atoms with van der Waals surface area (Å²) in [7, 11) is 1.49. The average molecular weight is 587 g/mol. The van der Waals surface area contributed by atoms with E-state index in [1.54, 1.807) is 24.3 Å². The van der Waals surface area contributed by atoms with E-state index in [9.17, 15) is 14.5 Å². The van der Waals surface area contributed by atoms with E-state index >= 15 is 0 Å². The van der Waals surface area contributed by atoms with E-state index in [-0.39, 0.29) is 23.9 Å². The minimum atomic E-state index is -0.593. The van der Waals surface area contributed by atoms with Crippen molar-refractivity contribution in [1.29, 1.82) is 0 Å². The smallest absolute Gasteiger partial charge is 0.220 e. The first kappa shape index (κ1) is 26.6. The molecule has 4 rings (SSSR count). The van der Waals surface area contributed by atoms with Crippen LogP contribution in [-0.2, 0) is 6.61 Å². The Hall–Kier alpha value is -3.44. The third-order valence-corrected chi connectivity index (χ3v) is 7.28. The molecule has 1 atom stereocenters. The molecule has 1 aromatic heterocycles. The number of rotatable bonds is 10. The zero-order chi connectivity index (χ0) is 26.5. The van der Waals surface area contributed by atoms with Gasteiger partial charge in [-0.05, 0) is 82.9 Å². The molecule has 11 heteroatoms. The predicted octanol–water partition coefficient (Wildman–Crippen LogP) is 6.48. The Morgan fingerprint density at radius 2 is 1.92 bits per heavy atom. The lowest BCUT2D eigenvalue weighted by molar-refractivity contribution is -0.479. The molecule has 0 aliphatic heterocycles. The summed E-state index contributed by atoms with van der Waals surface area (Å²) >= 11 is 4.77. The average Bonchev–Trinajstić information content (AvgIpc) is 3.22. The number of aryl methyl sites for hydroxylation is 2. The number of methoxy groups -OCH3 is 1. The molecule has 37 heavy (non-hydrogen) atoms. The van der Waals surface area contributed by atoms with Crippen molar-refractivity contribution < 1.29 is 18.8 Å². The summed E-state index contributed by atoms with van der Waals surface area (Å²) in [5.74, 6) is 1.13. The maximum atomic E-state index is 13.5. The lowest BCUT2D eigenvalue weighted by Gasteiger charge is -2.18. The Kier molecular flexibility index (Phi) is 8.45. The molecule has 8 nitrogen and oxygen atoms in total. The van der Waals surface area contributed by atoms with Crippen LogP contribution in [0, 0.1) is 29.8 Å². The van der Waals surface area contributed by atoms with Gasteiger partial charge >= 0.3 is 0 Å². The molecule has 0 N–H and O–H groups in total. The van der Waals surface area contributed by atoms with Gasteiger partial charge in [-0.15, -0.1) is 10.2 Å². The van der Waals surface area contributed by atoms with Gasteiger partial charge in [-0.3, -0.25) is 14.7 Å². The summed E-state index contributed by atoms with van der Waals surface area (Å²) < 4.78 is 27.5. The zero-order valence-electron chi connectivity index (χ0n) is 20.4. The van der Waals surface area contributed by atoms with Crippen molar-refractivity contribution >= 4 is 27.7 Å². The summed E-state index contributed by atoms with van der Waals surface area (Å²) in [5, 5.41) is 20.1. The lowest BCUT2D eigenvalue weighted by Crippen LogP contribution is -2.12. The van der Waals surface area contributed by atoms with Crippen LogP contribution in [0.2, 0.25) is 0 Å². The van der Waals surface area contributed by atoms with Crippen LogP contribution in [0.4, 0.5) is 4.39 Å². The number of nitrogens with zero attached hydrogens (tertiary/aromatic N) is 4. The molecule has 192 valence electrons. The number of nitro groups is 1. The second-order valence-electron chi connectivity index (χ2n) is 8.28. The normalized spacial score (nSPS) is 11.8. The Balaban J connectivity index is 1.66. The van der Waals surface area contributed by atoms with Crippen molar-refractivity contribution in [3.05, 3.63) is 104 Å². The van der Waals surface area contributed by atoms with Crippen molar-refractivity contribution in [3.63, 3.8) is 0 Å². The molecule has 1 heterocycles. The van der Waals surface area contributed by atoms with E-state index in [2.05, 4.69) is 26.1 Å². The van der Waals surface area contributed by atoms with Crippen LogP contribution in [0.3, 0.4) is 0 Å². The number of benzene rings is 3. The minimum Gasteiger partial charge on any atom is -0.493 e. The molecule has 0 spiro atoms. The molecule has 0 saturated carbocycles. The molecular weight excluding hydrogens is 563 g/mol. The first-order chi connectivity index (χ1) is 17.7. The number of ether oxygens (including phenoxy) is 2. The summed E-state index contributed by atoms with van der Waals surface area (Å²) in [6.45, 7) is 3.61. The molecule has 0 bridgehead atoms. The van der Waals surface area contributed by atoms with E-state index < -0.39 is 5.25 Å². The topological polar surface area (TPSA) is 92.3 Å². The highest BCUT2D eigenvalue weighted by molar-refractivity contribution is 9.10. The minimum absolute atomic E-state index is 0.123. The highest BCUT2D eigenvalue weighted by Gasteiger charge is 2.26. The summed E-state index contributed by atoms with van der Waals surface area (Å²) in [5.41, 5.74) is 3.27. The first-order valence-corrected chi connectivity index (χ1v) is 12.9. The second kappa shape index (κ2) is 11.7. The van der Waals surface area contributed by atoms with Crippen LogP contribution in [0.5, 0.6) is 11.5 Å². The Labute approximate surface area is 226 Å². The fourth-order valence-electron chi connectivity index (χ4n) is 3.80. The van der Waals surface area contributed by atoms with Gasteiger partial charge in [0.05, 0.1) is 11.6 Å². The van der Waals surface area contributed by atoms with Crippen LogP contribution in [-0.4, -0.2) is 33.3 Å². The standard InChI is InChI=1S/C26H24BrFN4O4S/c1-16-6-4-9-21(10-16)32-17(2)29-30-26(32)37-24(14-31(33)34)19-12-22(27)25(23(13-19)35-3)36-15-18-7-5-8-20(28)11-18/h4-13,24H,14-15H2,1-3H3/t24-/m0/s1. The highest BCUT2D eigenvalue weighted by atomic mass is 79.9. The van der Waals surface area contributed by atoms with E-state index in [4.69, 9.17) is 9.47 Å². The quantitative estimate of drug-likeness (QED) is 0.119. The monoisotopic (exact) mass is 586 g/mol. The number of hydrogen-bond acceptors (Lipinski definition) is 7. The van der Waals surface area contributed by atoms with Crippen molar-refractivity contribution in [2.24, 2.45) is 0 Å². The van der Waals surface area contributed by atoms with Crippen LogP contribution in [0.15, 0.2) is 70.3 Å². The molecule has 4 aromatic rings. The number of halogens is 2.